The lowest BCUT2D eigenvalue weighted by molar-refractivity contribution is 0.112. The second-order valence-electron chi connectivity index (χ2n) is 4.61. The Morgan fingerprint density at radius 1 is 1.44 bits per heavy atom. The molecule has 2 aromatic heterocycles. The molecule has 0 aromatic carbocycles. The Bertz CT molecular complexity index is 523. The van der Waals surface area contributed by atoms with E-state index in [0.717, 1.165) is 11.7 Å². The second-order valence-corrected chi connectivity index (χ2v) is 4.61. The number of hydrogen-bond donors (Lipinski definition) is 1. The number of aromatic nitrogens is 2. The lowest BCUT2D eigenvalue weighted by Gasteiger charge is -2.21. The van der Waals surface area contributed by atoms with Gasteiger partial charge in [0.1, 0.15) is 17.0 Å². The number of ether oxygens (including phenoxy) is 1. The van der Waals surface area contributed by atoms with E-state index in [9.17, 15) is 4.79 Å². The van der Waals surface area contributed by atoms with Gasteiger partial charge in [-0.25, -0.2) is 4.98 Å². The maximum absolute atomic E-state index is 10.9. The Hall–Kier alpha value is -1.84. The molecule has 0 fully saturated rings. The third kappa shape index (κ3) is 1.91. The highest BCUT2D eigenvalue weighted by atomic mass is 16.5. The zero-order chi connectivity index (χ0) is 11.8. The molecule has 0 aliphatic carbocycles. The number of pyridine rings is 1. The minimum Gasteiger partial charge on any atom is -0.487 e. The summed E-state index contributed by atoms with van der Waals surface area (Å²) >= 11 is 0. The molecule has 0 aliphatic rings. The van der Waals surface area contributed by atoms with Crippen molar-refractivity contribution in [2.75, 3.05) is 0 Å². The summed E-state index contributed by atoms with van der Waals surface area (Å²) in [6, 6.07) is 1.77. The van der Waals surface area contributed by atoms with Crippen LogP contribution in [-0.4, -0.2) is 21.9 Å². The van der Waals surface area contributed by atoms with Crippen LogP contribution in [0.25, 0.3) is 11.0 Å². The van der Waals surface area contributed by atoms with Crippen molar-refractivity contribution in [2.45, 2.75) is 26.4 Å². The number of fused-ring (bicyclic) bond motifs is 1. The van der Waals surface area contributed by atoms with E-state index < -0.39 is 0 Å². The van der Waals surface area contributed by atoms with E-state index in [1.54, 1.807) is 18.5 Å². The summed E-state index contributed by atoms with van der Waals surface area (Å²) in [6.07, 6.45) is 4.10. The number of H-pyrrole nitrogens is 1. The largest absolute Gasteiger partial charge is 0.487 e. The van der Waals surface area contributed by atoms with Crippen LogP contribution in [0.5, 0.6) is 5.75 Å². The quantitative estimate of drug-likeness (QED) is 0.788. The van der Waals surface area contributed by atoms with Crippen molar-refractivity contribution in [2.24, 2.45) is 0 Å². The minimum atomic E-state index is -0.300. The molecule has 0 bridgehead atoms. The Morgan fingerprint density at radius 2 is 2.19 bits per heavy atom. The van der Waals surface area contributed by atoms with Crippen LogP contribution in [0.3, 0.4) is 0 Å². The molecule has 0 saturated carbocycles. The second kappa shape index (κ2) is 3.63. The molecule has 2 aromatic rings. The molecule has 0 saturated heterocycles. The first kappa shape index (κ1) is 10.7. The first-order valence-electron chi connectivity index (χ1n) is 5.11. The number of nitrogens with zero attached hydrogens (tertiary/aromatic N) is 1. The zero-order valence-corrected chi connectivity index (χ0v) is 9.57. The predicted octanol–water partition coefficient (Wildman–Crippen LogP) is 2.55. The van der Waals surface area contributed by atoms with Crippen LogP contribution in [0, 0.1) is 0 Å². The molecule has 0 unspecified atom stereocenters. The van der Waals surface area contributed by atoms with E-state index in [1.165, 1.54) is 0 Å². The van der Waals surface area contributed by atoms with Gasteiger partial charge in [-0.15, -0.1) is 0 Å². The van der Waals surface area contributed by atoms with E-state index in [1.807, 2.05) is 20.8 Å². The molecule has 1 N–H and O–H groups in total. The van der Waals surface area contributed by atoms with Gasteiger partial charge in [0.25, 0.3) is 0 Å². The van der Waals surface area contributed by atoms with Crippen LogP contribution in [0.1, 0.15) is 31.1 Å². The van der Waals surface area contributed by atoms with Gasteiger partial charge < -0.3 is 9.72 Å². The van der Waals surface area contributed by atoms with Crippen LogP contribution in [-0.2, 0) is 0 Å². The molecule has 0 aliphatic heterocycles. The van der Waals surface area contributed by atoms with Gasteiger partial charge in [-0.2, -0.15) is 0 Å². The Morgan fingerprint density at radius 3 is 2.81 bits per heavy atom. The number of carbonyl (C=O) groups excluding carboxylic acids is 1. The first-order valence-corrected chi connectivity index (χ1v) is 5.11. The minimum absolute atomic E-state index is 0.300. The van der Waals surface area contributed by atoms with Gasteiger partial charge in [0, 0.05) is 18.0 Å². The van der Waals surface area contributed by atoms with Gasteiger partial charge in [0.2, 0.25) is 0 Å². The van der Waals surface area contributed by atoms with Gasteiger partial charge in [0.05, 0.1) is 5.39 Å². The van der Waals surface area contributed by atoms with E-state index in [2.05, 4.69) is 9.97 Å². The summed E-state index contributed by atoms with van der Waals surface area (Å²) in [5, 5.41) is 0.743. The Balaban J connectivity index is 2.59. The number of aldehydes is 1. The van der Waals surface area contributed by atoms with Crippen molar-refractivity contribution in [3.8, 4) is 5.75 Å². The Labute approximate surface area is 93.6 Å². The van der Waals surface area contributed by atoms with E-state index in [4.69, 9.17) is 4.74 Å². The Kier molecular flexibility index (Phi) is 2.42. The summed E-state index contributed by atoms with van der Waals surface area (Å²) in [4.78, 5) is 18.0. The van der Waals surface area contributed by atoms with Crippen molar-refractivity contribution >= 4 is 17.3 Å². The fraction of sp³-hybridized carbons (Fsp3) is 0.333. The standard InChI is InChI=1S/C12H14N2O2/c1-12(2,3)16-9-4-5-13-11-10(9)8(7-15)6-14-11/h4-7H,1-3H3,(H,13,14). The van der Waals surface area contributed by atoms with Gasteiger partial charge >= 0.3 is 0 Å². The molecule has 4 nitrogen and oxygen atoms in total. The lowest BCUT2D eigenvalue weighted by atomic mass is 10.1. The average Bonchev–Trinajstić information content (AvgIpc) is 2.59. The summed E-state index contributed by atoms with van der Waals surface area (Å²) in [5.41, 5.74) is 0.942. The molecule has 4 heteroatoms. The molecule has 0 atom stereocenters. The molecular weight excluding hydrogens is 204 g/mol. The molecule has 2 heterocycles. The summed E-state index contributed by atoms with van der Waals surface area (Å²) < 4.78 is 5.80. The first-order chi connectivity index (χ1) is 7.51. The molecule has 0 amide bonds. The van der Waals surface area contributed by atoms with Gasteiger partial charge in [-0.1, -0.05) is 0 Å². The van der Waals surface area contributed by atoms with Crippen LogP contribution >= 0.6 is 0 Å². The maximum Gasteiger partial charge on any atom is 0.152 e. The van der Waals surface area contributed by atoms with Gasteiger partial charge in [-0.05, 0) is 26.8 Å². The van der Waals surface area contributed by atoms with Crippen molar-refractivity contribution in [3.05, 3.63) is 24.0 Å². The van der Waals surface area contributed by atoms with Crippen LogP contribution in [0.2, 0.25) is 0 Å². The van der Waals surface area contributed by atoms with E-state index in [0.29, 0.717) is 17.0 Å². The average molecular weight is 218 g/mol. The highest BCUT2D eigenvalue weighted by Crippen LogP contribution is 2.28. The molecule has 2 rings (SSSR count). The summed E-state index contributed by atoms with van der Waals surface area (Å²) in [7, 11) is 0. The molecule has 0 radical (unpaired) electrons. The summed E-state index contributed by atoms with van der Waals surface area (Å²) in [5.74, 6) is 0.681. The molecule has 0 spiro atoms. The molecular formula is C12H14N2O2. The normalized spacial score (nSPS) is 11.7. The number of hydrogen-bond acceptors (Lipinski definition) is 3. The third-order valence-electron chi connectivity index (χ3n) is 2.11. The van der Waals surface area contributed by atoms with Crippen molar-refractivity contribution < 1.29 is 9.53 Å². The summed E-state index contributed by atoms with van der Waals surface area (Å²) in [6.45, 7) is 5.89. The smallest absolute Gasteiger partial charge is 0.152 e. The number of aromatic amines is 1. The van der Waals surface area contributed by atoms with Crippen LogP contribution < -0.4 is 4.74 Å². The predicted molar refractivity (Wildman–Crippen MR) is 61.9 cm³/mol. The SMILES string of the molecule is CC(C)(C)Oc1ccnc2[nH]cc(C=O)c12. The number of rotatable bonds is 2. The molecule has 16 heavy (non-hydrogen) atoms. The van der Waals surface area contributed by atoms with E-state index in [-0.39, 0.29) is 5.60 Å². The topological polar surface area (TPSA) is 55.0 Å². The van der Waals surface area contributed by atoms with Crippen molar-refractivity contribution in [1.29, 1.82) is 0 Å². The van der Waals surface area contributed by atoms with Crippen molar-refractivity contribution in [1.82, 2.24) is 9.97 Å². The fourth-order valence-electron chi connectivity index (χ4n) is 1.56. The van der Waals surface area contributed by atoms with Gasteiger partial charge in [-0.3, -0.25) is 4.79 Å². The van der Waals surface area contributed by atoms with Crippen molar-refractivity contribution in [3.63, 3.8) is 0 Å². The van der Waals surface area contributed by atoms with E-state index >= 15 is 0 Å². The number of carbonyl (C=O) groups is 1. The van der Waals surface area contributed by atoms with Crippen LogP contribution in [0.4, 0.5) is 0 Å². The number of nitrogens with one attached hydrogen (secondary N) is 1. The lowest BCUT2D eigenvalue weighted by Crippen LogP contribution is -2.23. The maximum atomic E-state index is 10.9. The highest BCUT2D eigenvalue weighted by Gasteiger charge is 2.16. The zero-order valence-electron chi connectivity index (χ0n) is 9.57. The molecule has 84 valence electrons. The highest BCUT2D eigenvalue weighted by molar-refractivity contribution is 5.99. The van der Waals surface area contributed by atoms with Crippen LogP contribution in [0.15, 0.2) is 18.5 Å². The third-order valence-corrected chi connectivity index (χ3v) is 2.11. The fourth-order valence-corrected chi connectivity index (χ4v) is 1.56. The van der Waals surface area contributed by atoms with Gasteiger partial charge in [0.15, 0.2) is 6.29 Å². The monoisotopic (exact) mass is 218 g/mol.